The van der Waals surface area contributed by atoms with Crippen molar-refractivity contribution in [3.63, 3.8) is 0 Å². The summed E-state index contributed by atoms with van der Waals surface area (Å²) in [6, 6.07) is 19.1. The molecule has 2 rings (SSSR count). The molecule has 0 heterocycles. The van der Waals surface area contributed by atoms with E-state index < -0.39 is 0 Å². The van der Waals surface area contributed by atoms with Crippen LogP contribution in [0.3, 0.4) is 0 Å². The minimum Gasteiger partial charge on any atom is -0.493 e. The Morgan fingerprint density at radius 3 is 2.45 bits per heavy atom. The zero-order valence-corrected chi connectivity index (χ0v) is 13.7. The van der Waals surface area contributed by atoms with Gasteiger partial charge in [0.15, 0.2) is 0 Å². The van der Waals surface area contributed by atoms with E-state index in [1.807, 2.05) is 12.1 Å². The van der Waals surface area contributed by atoms with Crippen LogP contribution in [0.15, 0.2) is 54.6 Å². The molecule has 0 spiro atoms. The SMILES string of the molecule is CCCCCOc1ccccc1C(C)NCc1ccccc1. The lowest BCUT2D eigenvalue weighted by molar-refractivity contribution is 0.300. The van der Waals surface area contributed by atoms with Gasteiger partial charge in [-0.2, -0.15) is 0 Å². The lowest BCUT2D eigenvalue weighted by atomic mass is 10.1. The number of benzene rings is 2. The van der Waals surface area contributed by atoms with Crippen LogP contribution in [0.25, 0.3) is 0 Å². The molecule has 22 heavy (non-hydrogen) atoms. The highest BCUT2D eigenvalue weighted by Gasteiger charge is 2.10. The Morgan fingerprint density at radius 2 is 1.68 bits per heavy atom. The van der Waals surface area contributed by atoms with Crippen molar-refractivity contribution in [3.8, 4) is 5.75 Å². The summed E-state index contributed by atoms with van der Waals surface area (Å²) in [6.07, 6.45) is 3.57. The van der Waals surface area contributed by atoms with E-state index in [0.717, 1.165) is 25.3 Å². The number of hydrogen-bond acceptors (Lipinski definition) is 2. The van der Waals surface area contributed by atoms with Crippen LogP contribution in [-0.2, 0) is 6.54 Å². The number of hydrogen-bond donors (Lipinski definition) is 1. The summed E-state index contributed by atoms with van der Waals surface area (Å²) in [4.78, 5) is 0. The largest absolute Gasteiger partial charge is 0.493 e. The van der Waals surface area contributed by atoms with Gasteiger partial charge in [0, 0.05) is 18.2 Å². The molecule has 1 N–H and O–H groups in total. The van der Waals surface area contributed by atoms with Crippen molar-refractivity contribution in [1.82, 2.24) is 5.32 Å². The van der Waals surface area contributed by atoms with E-state index >= 15 is 0 Å². The van der Waals surface area contributed by atoms with E-state index in [9.17, 15) is 0 Å². The molecule has 0 amide bonds. The number of para-hydroxylation sites is 1. The predicted molar refractivity (Wildman–Crippen MR) is 93.2 cm³/mol. The summed E-state index contributed by atoms with van der Waals surface area (Å²) in [7, 11) is 0. The Labute approximate surface area is 134 Å². The number of rotatable bonds is 9. The standard InChI is InChI=1S/C20H27NO/c1-3-4-10-15-22-20-14-9-8-13-19(20)17(2)21-16-18-11-6-5-7-12-18/h5-9,11-14,17,21H,3-4,10,15-16H2,1-2H3. The molecule has 2 aromatic carbocycles. The highest BCUT2D eigenvalue weighted by Crippen LogP contribution is 2.25. The van der Waals surface area contributed by atoms with Crippen LogP contribution in [0.4, 0.5) is 0 Å². The van der Waals surface area contributed by atoms with E-state index in [4.69, 9.17) is 4.74 Å². The highest BCUT2D eigenvalue weighted by atomic mass is 16.5. The van der Waals surface area contributed by atoms with Gasteiger partial charge >= 0.3 is 0 Å². The molecule has 0 saturated carbocycles. The fourth-order valence-electron chi connectivity index (χ4n) is 2.48. The molecule has 0 radical (unpaired) electrons. The smallest absolute Gasteiger partial charge is 0.124 e. The van der Waals surface area contributed by atoms with E-state index in [1.165, 1.54) is 24.0 Å². The van der Waals surface area contributed by atoms with Crippen molar-refractivity contribution < 1.29 is 4.74 Å². The quantitative estimate of drug-likeness (QED) is 0.650. The lowest BCUT2D eigenvalue weighted by Gasteiger charge is -2.18. The van der Waals surface area contributed by atoms with E-state index in [2.05, 4.69) is 61.6 Å². The fraction of sp³-hybridized carbons (Fsp3) is 0.400. The van der Waals surface area contributed by atoms with Crippen LogP contribution < -0.4 is 10.1 Å². The second-order valence-electron chi connectivity index (χ2n) is 5.68. The van der Waals surface area contributed by atoms with Crippen molar-refractivity contribution in [1.29, 1.82) is 0 Å². The first-order valence-corrected chi connectivity index (χ1v) is 8.30. The first-order chi connectivity index (χ1) is 10.8. The normalized spacial score (nSPS) is 12.1. The maximum absolute atomic E-state index is 5.97. The van der Waals surface area contributed by atoms with E-state index in [1.54, 1.807) is 0 Å². The molecule has 0 aromatic heterocycles. The van der Waals surface area contributed by atoms with Gasteiger partial charge in [0.1, 0.15) is 5.75 Å². The van der Waals surface area contributed by atoms with Gasteiger partial charge in [0.2, 0.25) is 0 Å². The minimum absolute atomic E-state index is 0.266. The first kappa shape index (κ1) is 16.6. The van der Waals surface area contributed by atoms with Crippen LogP contribution in [0.2, 0.25) is 0 Å². The topological polar surface area (TPSA) is 21.3 Å². The van der Waals surface area contributed by atoms with Gasteiger partial charge in [-0.15, -0.1) is 0 Å². The molecule has 0 saturated heterocycles. The number of nitrogens with one attached hydrogen (secondary N) is 1. The van der Waals surface area contributed by atoms with Gasteiger partial charge < -0.3 is 10.1 Å². The maximum Gasteiger partial charge on any atom is 0.124 e. The third-order valence-electron chi connectivity index (χ3n) is 3.85. The Balaban J connectivity index is 1.92. The molecule has 0 aliphatic heterocycles. The van der Waals surface area contributed by atoms with Gasteiger partial charge in [-0.05, 0) is 25.0 Å². The first-order valence-electron chi connectivity index (χ1n) is 8.30. The monoisotopic (exact) mass is 297 g/mol. The second kappa shape index (κ2) is 9.26. The van der Waals surface area contributed by atoms with Crippen molar-refractivity contribution in [2.24, 2.45) is 0 Å². The number of ether oxygens (including phenoxy) is 1. The molecule has 0 fully saturated rings. The molecule has 0 aliphatic carbocycles. The van der Waals surface area contributed by atoms with Gasteiger partial charge in [-0.3, -0.25) is 0 Å². The molecule has 1 atom stereocenters. The van der Waals surface area contributed by atoms with Crippen LogP contribution in [0, 0.1) is 0 Å². The molecule has 0 aliphatic rings. The Morgan fingerprint density at radius 1 is 0.955 bits per heavy atom. The predicted octanol–water partition coefficient (Wildman–Crippen LogP) is 5.11. The molecular weight excluding hydrogens is 270 g/mol. The zero-order chi connectivity index (χ0) is 15.6. The van der Waals surface area contributed by atoms with Crippen molar-refractivity contribution in [2.45, 2.75) is 45.7 Å². The number of unbranched alkanes of at least 4 members (excludes halogenated alkanes) is 2. The Hall–Kier alpha value is -1.80. The molecule has 2 aromatic rings. The van der Waals surface area contributed by atoms with Crippen molar-refractivity contribution >= 4 is 0 Å². The summed E-state index contributed by atoms with van der Waals surface area (Å²) in [5, 5.41) is 3.58. The average Bonchev–Trinajstić information content (AvgIpc) is 2.58. The van der Waals surface area contributed by atoms with Gasteiger partial charge in [-0.1, -0.05) is 68.3 Å². The average molecular weight is 297 g/mol. The van der Waals surface area contributed by atoms with Crippen molar-refractivity contribution in [3.05, 3.63) is 65.7 Å². The third-order valence-corrected chi connectivity index (χ3v) is 3.85. The summed E-state index contributed by atoms with van der Waals surface area (Å²) < 4.78 is 5.97. The minimum atomic E-state index is 0.266. The van der Waals surface area contributed by atoms with Crippen LogP contribution >= 0.6 is 0 Å². The van der Waals surface area contributed by atoms with Gasteiger partial charge in [0.05, 0.1) is 6.61 Å². The Bertz CT molecular complexity index is 538. The van der Waals surface area contributed by atoms with E-state index in [-0.39, 0.29) is 6.04 Å². The van der Waals surface area contributed by atoms with Crippen molar-refractivity contribution in [2.75, 3.05) is 6.61 Å². The summed E-state index contributed by atoms with van der Waals surface area (Å²) >= 11 is 0. The summed E-state index contributed by atoms with van der Waals surface area (Å²) in [5.41, 5.74) is 2.53. The lowest BCUT2D eigenvalue weighted by Crippen LogP contribution is -2.19. The van der Waals surface area contributed by atoms with Gasteiger partial charge in [-0.25, -0.2) is 0 Å². The molecular formula is C20H27NO. The molecule has 1 unspecified atom stereocenters. The molecule has 2 nitrogen and oxygen atoms in total. The molecule has 0 bridgehead atoms. The molecule has 2 heteroatoms. The maximum atomic E-state index is 5.97. The second-order valence-corrected chi connectivity index (χ2v) is 5.68. The fourth-order valence-corrected chi connectivity index (χ4v) is 2.48. The summed E-state index contributed by atoms with van der Waals surface area (Å²) in [5.74, 6) is 1.01. The third kappa shape index (κ3) is 5.19. The summed E-state index contributed by atoms with van der Waals surface area (Å²) in [6.45, 7) is 6.07. The molecule has 118 valence electrons. The van der Waals surface area contributed by atoms with E-state index in [0.29, 0.717) is 0 Å². The van der Waals surface area contributed by atoms with Gasteiger partial charge in [0.25, 0.3) is 0 Å². The highest BCUT2D eigenvalue weighted by molar-refractivity contribution is 5.35. The zero-order valence-electron chi connectivity index (χ0n) is 13.7. The Kier molecular flexibility index (Phi) is 6.98. The van der Waals surface area contributed by atoms with Crippen LogP contribution in [0.1, 0.15) is 50.3 Å². The van der Waals surface area contributed by atoms with Crippen LogP contribution in [0.5, 0.6) is 5.75 Å². The van der Waals surface area contributed by atoms with Crippen LogP contribution in [-0.4, -0.2) is 6.61 Å².